The molecule has 0 aromatic carbocycles. The molecule has 112 valence electrons. The van der Waals surface area contributed by atoms with Gasteiger partial charge in [0.2, 0.25) is 0 Å². The molecule has 0 fully saturated rings. The number of hydrogen-bond acceptors (Lipinski definition) is 5. The van der Waals surface area contributed by atoms with Crippen molar-refractivity contribution in [1.82, 2.24) is 20.2 Å². The minimum atomic E-state index is 0.0921. The van der Waals surface area contributed by atoms with Crippen LogP contribution in [0.1, 0.15) is 18.9 Å². The number of rotatable bonds is 9. The van der Waals surface area contributed by atoms with Gasteiger partial charge in [0.1, 0.15) is 0 Å². The fourth-order valence-electron chi connectivity index (χ4n) is 1.56. The smallest absolute Gasteiger partial charge is 0.0759 e. The van der Waals surface area contributed by atoms with Gasteiger partial charge in [0, 0.05) is 58.7 Å². The van der Waals surface area contributed by atoms with Crippen molar-refractivity contribution in [1.29, 1.82) is 0 Å². The summed E-state index contributed by atoms with van der Waals surface area (Å²) in [7, 11) is 5.59. The third-order valence-electron chi connectivity index (χ3n) is 3.05. The van der Waals surface area contributed by atoms with E-state index in [-0.39, 0.29) is 6.10 Å². The second kappa shape index (κ2) is 8.63. The molecule has 0 radical (unpaired) electrons. The molecule has 0 saturated heterocycles. The van der Waals surface area contributed by atoms with Gasteiger partial charge in [-0.3, -0.25) is 15.1 Å². The molecule has 1 aromatic heterocycles. The Hall–Kier alpha value is -1.50. The Morgan fingerprint density at radius 3 is 3.00 bits per heavy atom. The zero-order valence-corrected chi connectivity index (χ0v) is 12.8. The number of aliphatic imine (C=N–C) groups is 1. The average molecular weight is 279 g/mol. The topological polar surface area (TPSA) is 54.7 Å². The monoisotopic (exact) mass is 279 g/mol. The zero-order chi connectivity index (χ0) is 15.0. The summed E-state index contributed by atoms with van der Waals surface area (Å²) >= 11 is 0. The maximum atomic E-state index is 5.41. The normalized spacial score (nSPS) is 13.2. The Balaban J connectivity index is 2.39. The average Bonchev–Trinajstić information content (AvgIpc) is 2.88. The quantitative estimate of drug-likeness (QED) is 0.547. The lowest BCUT2D eigenvalue weighted by atomic mass is 10.2. The highest BCUT2D eigenvalue weighted by Crippen LogP contribution is 2.11. The highest BCUT2D eigenvalue weighted by atomic mass is 16.5. The lowest BCUT2D eigenvalue weighted by Gasteiger charge is -2.20. The van der Waals surface area contributed by atoms with E-state index in [2.05, 4.69) is 29.0 Å². The summed E-state index contributed by atoms with van der Waals surface area (Å²) in [5.41, 5.74) is 4.91. The van der Waals surface area contributed by atoms with Crippen LogP contribution in [-0.4, -0.2) is 54.4 Å². The summed E-state index contributed by atoms with van der Waals surface area (Å²) in [5.74, 6) is 0. The van der Waals surface area contributed by atoms with E-state index in [9.17, 15) is 0 Å². The van der Waals surface area contributed by atoms with Crippen molar-refractivity contribution in [2.45, 2.75) is 19.4 Å². The van der Waals surface area contributed by atoms with E-state index in [1.807, 2.05) is 31.5 Å². The molecular formula is C14H25N5O. The molecule has 1 N–H and O–H groups in total. The summed E-state index contributed by atoms with van der Waals surface area (Å²) in [5, 5.41) is 6.12. The molecule has 6 nitrogen and oxygen atoms in total. The van der Waals surface area contributed by atoms with Gasteiger partial charge in [-0.05, 0) is 0 Å². The molecule has 0 bridgehead atoms. The number of nitrogens with zero attached hydrogens (tertiary/aromatic N) is 4. The van der Waals surface area contributed by atoms with Gasteiger partial charge in [-0.2, -0.15) is 5.10 Å². The number of methoxy groups -OCH3 is 1. The van der Waals surface area contributed by atoms with E-state index in [0.717, 1.165) is 25.1 Å². The van der Waals surface area contributed by atoms with Crippen LogP contribution >= 0.6 is 0 Å². The first-order valence-electron chi connectivity index (χ1n) is 6.74. The van der Waals surface area contributed by atoms with Crippen LogP contribution < -0.4 is 5.43 Å². The van der Waals surface area contributed by atoms with Crippen molar-refractivity contribution in [2.75, 3.05) is 27.2 Å². The number of hydrogen-bond donors (Lipinski definition) is 1. The fraction of sp³-hybridized carbons (Fsp3) is 0.571. The first kappa shape index (κ1) is 16.6. The summed E-state index contributed by atoms with van der Waals surface area (Å²) in [6.45, 7) is 7.73. The Bertz CT molecular complexity index is 441. The SMILES string of the molecule is C=C(/N=C\CC(CNN(C)CC)OC)c1cnn(C)c1. The number of aromatic nitrogens is 2. The molecule has 1 atom stereocenters. The predicted octanol–water partition coefficient (Wildman–Crippen LogP) is 1.32. The van der Waals surface area contributed by atoms with E-state index in [1.165, 1.54) is 0 Å². The van der Waals surface area contributed by atoms with Crippen molar-refractivity contribution < 1.29 is 4.74 Å². The molecule has 1 unspecified atom stereocenters. The number of hydrazine groups is 1. The second-order valence-electron chi connectivity index (χ2n) is 4.63. The lowest BCUT2D eigenvalue weighted by molar-refractivity contribution is 0.0858. The van der Waals surface area contributed by atoms with E-state index < -0.39 is 0 Å². The van der Waals surface area contributed by atoms with Crippen molar-refractivity contribution >= 4 is 11.9 Å². The molecule has 0 amide bonds. The molecule has 20 heavy (non-hydrogen) atoms. The molecule has 1 rings (SSSR count). The van der Waals surface area contributed by atoms with Crippen LogP contribution in [-0.2, 0) is 11.8 Å². The summed E-state index contributed by atoms with van der Waals surface area (Å²) in [6.07, 6.45) is 6.32. The van der Waals surface area contributed by atoms with E-state index in [0.29, 0.717) is 5.70 Å². The molecule has 1 aromatic rings. The summed E-state index contributed by atoms with van der Waals surface area (Å²) in [6, 6.07) is 0. The first-order valence-corrected chi connectivity index (χ1v) is 6.74. The fourth-order valence-corrected chi connectivity index (χ4v) is 1.56. The molecule has 0 saturated carbocycles. The maximum absolute atomic E-state index is 5.41. The minimum absolute atomic E-state index is 0.0921. The number of nitrogens with one attached hydrogen (secondary N) is 1. The third-order valence-corrected chi connectivity index (χ3v) is 3.05. The minimum Gasteiger partial charge on any atom is -0.380 e. The number of aryl methyl sites for hydroxylation is 1. The van der Waals surface area contributed by atoms with Gasteiger partial charge in [-0.25, -0.2) is 5.01 Å². The molecule has 6 heteroatoms. The van der Waals surface area contributed by atoms with Gasteiger partial charge in [0.25, 0.3) is 0 Å². The molecule has 0 aliphatic carbocycles. The zero-order valence-electron chi connectivity index (χ0n) is 12.8. The van der Waals surface area contributed by atoms with Gasteiger partial charge < -0.3 is 4.74 Å². The lowest BCUT2D eigenvalue weighted by Crippen LogP contribution is -2.40. The highest BCUT2D eigenvalue weighted by molar-refractivity contribution is 5.72. The highest BCUT2D eigenvalue weighted by Gasteiger charge is 2.06. The van der Waals surface area contributed by atoms with Crippen LogP contribution in [0.2, 0.25) is 0 Å². The van der Waals surface area contributed by atoms with E-state index in [1.54, 1.807) is 18.0 Å². The second-order valence-corrected chi connectivity index (χ2v) is 4.63. The first-order chi connectivity index (χ1) is 9.56. The van der Waals surface area contributed by atoms with E-state index >= 15 is 0 Å². The Morgan fingerprint density at radius 1 is 1.70 bits per heavy atom. The third kappa shape index (κ3) is 5.64. The molecular weight excluding hydrogens is 254 g/mol. The van der Waals surface area contributed by atoms with Gasteiger partial charge in [-0.1, -0.05) is 13.5 Å². The van der Waals surface area contributed by atoms with Crippen LogP contribution in [0.25, 0.3) is 5.70 Å². The van der Waals surface area contributed by atoms with Gasteiger partial charge in [-0.15, -0.1) is 0 Å². The molecule has 0 spiro atoms. The van der Waals surface area contributed by atoms with Crippen LogP contribution in [0, 0.1) is 0 Å². The Morgan fingerprint density at radius 2 is 2.45 bits per heavy atom. The van der Waals surface area contributed by atoms with Gasteiger partial charge in [0.15, 0.2) is 0 Å². The largest absolute Gasteiger partial charge is 0.380 e. The van der Waals surface area contributed by atoms with Crippen LogP contribution in [0.4, 0.5) is 0 Å². The van der Waals surface area contributed by atoms with Crippen molar-refractivity contribution in [3.05, 3.63) is 24.5 Å². The van der Waals surface area contributed by atoms with Crippen molar-refractivity contribution in [3.8, 4) is 0 Å². The Labute approximate surface area is 121 Å². The van der Waals surface area contributed by atoms with Crippen molar-refractivity contribution in [3.63, 3.8) is 0 Å². The number of ether oxygens (including phenoxy) is 1. The standard InChI is InChI=1S/C14H25N5O/c1-6-18(3)17-10-14(20-5)7-8-15-12(2)13-9-16-19(4)11-13/h8-9,11,14,17H,2,6-7,10H2,1,3-5H3/b15-8-. The van der Waals surface area contributed by atoms with Gasteiger partial charge >= 0.3 is 0 Å². The molecule has 0 aliphatic heterocycles. The van der Waals surface area contributed by atoms with E-state index in [4.69, 9.17) is 4.74 Å². The molecule has 1 heterocycles. The van der Waals surface area contributed by atoms with Crippen LogP contribution in [0.5, 0.6) is 0 Å². The summed E-state index contributed by atoms with van der Waals surface area (Å²) in [4.78, 5) is 4.35. The molecule has 0 aliphatic rings. The van der Waals surface area contributed by atoms with Crippen LogP contribution in [0.15, 0.2) is 24.0 Å². The van der Waals surface area contributed by atoms with Crippen LogP contribution in [0.3, 0.4) is 0 Å². The van der Waals surface area contributed by atoms with Gasteiger partial charge in [0.05, 0.1) is 18.0 Å². The van der Waals surface area contributed by atoms with Crippen molar-refractivity contribution in [2.24, 2.45) is 12.0 Å². The summed E-state index contributed by atoms with van der Waals surface area (Å²) < 4.78 is 7.14. The maximum Gasteiger partial charge on any atom is 0.0759 e. The predicted molar refractivity (Wildman–Crippen MR) is 82.5 cm³/mol. The Kier molecular flexibility index (Phi) is 7.14.